The number of anilines is 1. The number of oxazole rings is 1. The maximum Gasteiger partial charge on any atom is 0.291 e. The highest BCUT2D eigenvalue weighted by Crippen LogP contribution is 2.20. The van der Waals surface area contributed by atoms with Gasteiger partial charge in [0.15, 0.2) is 12.2 Å². The monoisotopic (exact) mass is 335 g/mol. The van der Waals surface area contributed by atoms with Gasteiger partial charge in [-0.3, -0.25) is 4.79 Å². The van der Waals surface area contributed by atoms with Crippen LogP contribution in [0.3, 0.4) is 0 Å². The first-order valence-electron chi connectivity index (χ1n) is 7.62. The summed E-state index contributed by atoms with van der Waals surface area (Å²) in [6.45, 7) is 3.55. The Morgan fingerprint density at radius 2 is 2.00 bits per heavy atom. The maximum atomic E-state index is 12.3. The molecule has 3 aromatic rings. The van der Waals surface area contributed by atoms with Crippen LogP contribution in [0.4, 0.5) is 5.69 Å². The van der Waals surface area contributed by atoms with Crippen molar-refractivity contribution in [2.45, 2.75) is 13.8 Å². The molecule has 0 saturated carbocycles. The molecule has 0 aliphatic rings. The Morgan fingerprint density at radius 3 is 2.64 bits per heavy atom. The van der Waals surface area contributed by atoms with Gasteiger partial charge in [0.25, 0.3) is 5.91 Å². The van der Waals surface area contributed by atoms with Gasteiger partial charge < -0.3 is 20.1 Å². The largest absolute Gasteiger partial charge is 0.451 e. The summed E-state index contributed by atoms with van der Waals surface area (Å²) in [5.74, 6) is -0.120. The zero-order valence-electron chi connectivity index (χ0n) is 13.8. The molecule has 0 unspecified atom stereocenters. The minimum atomic E-state index is -0.334. The van der Waals surface area contributed by atoms with Crippen molar-refractivity contribution in [2.75, 3.05) is 5.32 Å². The summed E-state index contributed by atoms with van der Waals surface area (Å²) in [7, 11) is 0. The van der Waals surface area contributed by atoms with E-state index in [1.807, 2.05) is 19.1 Å². The Labute approximate surface area is 144 Å². The molecule has 0 fully saturated rings. The molecule has 0 spiro atoms. The van der Waals surface area contributed by atoms with Gasteiger partial charge in [-0.25, -0.2) is 9.97 Å². The molecular formula is C18H17N5O2. The number of amides is 1. The van der Waals surface area contributed by atoms with Crippen LogP contribution in [0.1, 0.15) is 30.2 Å². The number of nitrogens with one attached hydrogen (secondary N) is 3. The Balaban J connectivity index is 1.70. The quantitative estimate of drug-likeness (QED) is 0.617. The minimum absolute atomic E-state index is 0.214. The van der Waals surface area contributed by atoms with Crippen molar-refractivity contribution in [2.24, 2.45) is 0 Å². The molecule has 3 N–H and O–H groups in total. The van der Waals surface area contributed by atoms with Crippen LogP contribution in [0.25, 0.3) is 16.8 Å². The van der Waals surface area contributed by atoms with Gasteiger partial charge in [-0.05, 0) is 37.6 Å². The number of nitrogens with zero attached hydrogens (tertiary/aromatic N) is 2. The first-order valence-corrected chi connectivity index (χ1v) is 7.62. The number of carbonyl (C=O) groups excluding carboxylic acids is 1. The van der Waals surface area contributed by atoms with Gasteiger partial charge in [-0.1, -0.05) is 12.1 Å². The standard InChI is InChI=1S/C18H17N5O2/c1-11(7-12(2)19)15-8-20-17(23-15)18(24)22-14-5-3-13(4-6-14)16-9-25-10-21-16/h3-10,19H,1-2H3,(H,20,23)(H,22,24)/b11-7-,19-12?. The van der Waals surface area contributed by atoms with Crippen molar-refractivity contribution in [1.29, 1.82) is 5.41 Å². The predicted octanol–water partition coefficient (Wildman–Crippen LogP) is 3.76. The van der Waals surface area contributed by atoms with Crippen molar-refractivity contribution in [1.82, 2.24) is 15.0 Å². The normalized spacial score (nSPS) is 11.4. The molecule has 0 bridgehead atoms. The van der Waals surface area contributed by atoms with E-state index in [4.69, 9.17) is 9.83 Å². The molecule has 3 rings (SSSR count). The number of hydrogen-bond donors (Lipinski definition) is 3. The molecular weight excluding hydrogens is 318 g/mol. The van der Waals surface area contributed by atoms with E-state index in [0.717, 1.165) is 16.8 Å². The number of allylic oxidation sites excluding steroid dienone is 2. The Hall–Kier alpha value is -3.48. The lowest BCUT2D eigenvalue weighted by Crippen LogP contribution is -2.13. The van der Waals surface area contributed by atoms with Crippen molar-refractivity contribution < 1.29 is 9.21 Å². The van der Waals surface area contributed by atoms with Gasteiger partial charge in [0.2, 0.25) is 0 Å². The number of imidazole rings is 1. The summed E-state index contributed by atoms with van der Waals surface area (Å²) in [5, 5.41) is 10.3. The molecule has 0 atom stereocenters. The lowest BCUT2D eigenvalue weighted by atomic mass is 10.1. The third-order valence-electron chi connectivity index (χ3n) is 3.52. The Morgan fingerprint density at radius 1 is 1.24 bits per heavy atom. The highest BCUT2D eigenvalue weighted by molar-refractivity contribution is 6.02. The van der Waals surface area contributed by atoms with E-state index in [1.54, 1.807) is 37.6 Å². The smallest absolute Gasteiger partial charge is 0.291 e. The molecule has 25 heavy (non-hydrogen) atoms. The Bertz CT molecular complexity index is 921. The average molecular weight is 335 g/mol. The van der Waals surface area contributed by atoms with E-state index in [2.05, 4.69) is 20.3 Å². The van der Waals surface area contributed by atoms with Gasteiger partial charge in [-0.2, -0.15) is 0 Å². The molecule has 1 amide bonds. The van der Waals surface area contributed by atoms with Gasteiger partial charge in [0.05, 0.1) is 11.9 Å². The fourth-order valence-electron chi connectivity index (χ4n) is 2.31. The predicted molar refractivity (Wildman–Crippen MR) is 95.5 cm³/mol. The number of hydrogen-bond acceptors (Lipinski definition) is 5. The number of aromatic amines is 1. The molecule has 2 heterocycles. The summed E-state index contributed by atoms with van der Waals surface area (Å²) in [6.07, 6.45) is 6.22. The second-order valence-corrected chi connectivity index (χ2v) is 5.56. The minimum Gasteiger partial charge on any atom is -0.451 e. The van der Waals surface area contributed by atoms with Crippen molar-refractivity contribution >= 4 is 22.9 Å². The van der Waals surface area contributed by atoms with Crippen LogP contribution < -0.4 is 5.32 Å². The maximum absolute atomic E-state index is 12.3. The zero-order chi connectivity index (χ0) is 17.8. The fraction of sp³-hybridized carbons (Fsp3) is 0.111. The van der Waals surface area contributed by atoms with E-state index >= 15 is 0 Å². The van der Waals surface area contributed by atoms with E-state index in [9.17, 15) is 4.79 Å². The van der Waals surface area contributed by atoms with Crippen molar-refractivity contribution in [3.05, 3.63) is 60.7 Å². The molecule has 7 nitrogen and oxygen atoms in total. The number of benzene rings is 1. The van der Waals surface area contributed by atoms with Gasteiger partial charge in [-0.15, -0.1) is 0 Å². The first kappa shape index (κ1) is 16.4. The van der Waals surface area contributed by atoms with Crippen LogP contribution in [0, 0.1) is 5.41 Å². The summed E-state index contributed by atoms with van der Waals surface area (Å²) in [4.78, 5) is 23.4. The van der Waals surface area contributed by atoms with Crippen LogP contribution in [0.2, 0.25) is 0 Å². The number of rotatable bonds is 5. The highest BCUT2D eigenvalue weighted by atomic mass is 16.3. The SMILES string of the molecule is CC(=N)/C=C(/C)c1cnc(C(=O)Nc2ccc(-c3cocn3)cc2)[nH]1. The second kappa shape index (κ2) is 6.96. The zero-order valence-corrected chi connectivity index (χ0v) is 13.8. The average Bonchev–Trinajstić information content (AvgIpc) is 3.27. The summed E-state index contributed by atoms with van der Waals surface area (Å²) >= 11 is 0. The molecule has 1 aromatic carbocycles. The molecule has 0 radical (unpaired) electrons. The molecule has 2 aromatic heterocycles. The lowest BCUT2D eigenvalue weighted by molar-refractivity contribution is 0.101. The third kappa shape index (κ3) is 3.89. The number of carbonyl (C=O) groups is 1. The number of aromatic nitrogens is 3. The van der Waals surface area contributed by atoms with Gasteiger partial charge in [0, 0.05) is 17.0 Å². The summed E-state index contributed by atoms with van der Waals surface area (Å²) < 4.78 is 4.96. The van der Waals surface area contributed by atoms with Crippen LogP contribution in [-0.2, 0) is 0 Å². The molecule has 0 aliphatic heterocycles. The summed E-state index contributed by atoms with van der Waals surface area (Å²) in [5.41, 5.74) is 4.27. The van der Waals surface area contributed by atoms with Crippen LogP contribution in [0.15, 0.2) is 53.6 Å². The van der Waals surface area contributed by atoms with Crippen molar-refractivity contribution in [3.8, 4) is 11.3 Å². The molecule has 0 aliphatic carbocycles. The van der Waals surface area contributed by atoms with E-state index < -0.39 is 0 Å². The highest BCUT2D eigenvalue weighted by Gasteiger charge is 2.11. The van der Waals surface area contributed by atoms with Gasteiger partial charge >= 0.3 is 0 Å². The lowest BCUT2D eigenvalue weighted by Gasteiger charge is -2.04. The van der Waals surface area contributed by atoms with E-state index in [-0.39, 0.29) is 11.7 Å². The van der Waals surface area contributed by atoms with Gasteiger partial charge in [0.1, 0.15) is 12.0 Å². The van der Waals surface area contributed by atoms with E-state index in [1.165, 1.54) is 6.39 Å². The van der Waals surface area contributed by atoms with Crippen molar-refractivity contribution in [3.63, 3.8) is 0 Å². The van der Waals surface area contributed by atoms with Crippen LogP contribution in [0.5, 0.6) is 0 Å². The fourth-order valence-corrected chi connectivity index (χ4v) is 2.31. The Kier molecular flexibility index (Phi) is 4.56. The first-order chi connectivity index (χ1) is 12.0. The third-order valence-corrected chi connectivity index (χ3v) is 3.52. The van der Waals surface area contributed by atoms with Crippen LogP contribution in [-0.4, -0.2) is 26.6 Å². The van der Waals surface area contributed by atoms with E-state index in [0.29, 0.717) is 17.1 Å². The molecule has 7 heteroatoms. The summed E-state index contributed by atoms with van der Waals surface area (Å²) in [6, 6.07) is 7.27. The number of H-pyrrole nitrogens is 1. The second-order valence-electron chi connectivity index (χ2n) is 5.56. The topological polar surface area (TPSA) is 108 Å². The molecule has 126 valence electrons. The molecule has 0 saturated heterocycles. The van der Waals surface area contributed by atoms with Crippen LogP contribution >= 0.6 is 0 Å².